The van der Waals surface area contributed by atoms with E-state index in [1.54, 1.807) is 12.1 Å². The first-order chi connectivity index (χ1) is 14.3. The van der Waals surface area contributed by atoms with Crippen LogP contribution in [0.1, 0.15) is 26.6 Å². The number of halogens is 3. The highest BCUT2D eigenvalue weighted by Crippen LogP contribution is 2.40. The number of thiophene rings is 1. The van der Waals surface area contributed by atoms with Gasteiger partial charge in [-0.3, -0.25) is 4.79 Å². The van der Waals surface area contributed by atoms with Crippen molar-refractivity contribution in [2.45, 2.75) is 6.18 Å². The predicted molar refractivity (Wildman–Crippen MR) is 108 cm³/mol. The molecule has 2 heterocycles. The van der Waals surface area contributed by atoms with Crippen LogP contribution in [0.25, 0.3) is 15.7 Å². The molecule has 0 unspecified atom stereocenters. The van der Waals surface area contributed by atoms with Gasteiger partial charge in [-0.2, -0.15) is 13.2 Å². The lowest BCUT2D eigenvalue weighted by molar-refractivity contribution is -0.137. The number of hydrogen-bond acceptors (Lipinski definition) is 4. The first-order valence-corrected chi connectivity index (χ1v) is 9.59. The molecule has 8 heteroatoms. The third kappa shape index (κ3) is 3.81. The third-order valence-electron chi connectivity index (χ3n) is 4.41. The van der Waals surface area contributed by atoms with Gasteiger partial charge >= 0.3 is 6.18 Å². The normalized spacial score (nSPS) is 12.3. The van der Waals surface area contributed by atoms with Gasteiger partial charge in [0.2, 0.25) is 0 Å². The lowest BCUT2D eigenvalue weighted by atomic mass is 10.0. The van der Waals surface area contributed by atoms with Crippen molar-refractivity contribution in [3.05, 3.63) is 94.9 Å². The molecular formula is C22H14F3NO3S. The molecular weight excluding hydrogens is 415 g/mol. The summed E-state index contributed by atoms with van der Waals surface area (Å²) in [4.78, 5) is 12.6. The van der Waals surface area contributed by atoms with Gasteiger partial charge in [0.05, 0.1) is 11.8 Å². The Hall–Kier alpha value is -3.52. The average Bonchev–Trinajstić information content (AvgIpc) is 3.36. The first-order valence-electron chi connectivity index (χ1n) is 8.77. The van der Waals surface area contributed by atoms with E-state index in [9.17, 15) is 23.1 Å². The minimum atomic E-state index is -4.54. The highest BCUT2D eigenvalue weighted by Gasteiger charge is 2.31. The van der Waals surface area contributed by atoms with Crippen LogP contribution < -0.4 is 5.32 Å². The molecule has 0 aliphatic rings. The molecule has 152 valence electrons. The summed E-state index contributed by atoms with van der Waals surface area (Å²) in [5.74, 6) is -0.592. The molecule has 0 aliphatic carbocycles. The Balaban J connectivity index is 1.67. The minimum Gasteiger partial charge on any atom is -0.506 e. The Kier molecular flexibility index (Phi) is 5.09. The summed E-state index contributed by atoms with van der Waals surface area (Å²) in [6.07, 6.45) is -1.59. The summed E-state index contributed by atoms with van der Waals surface area (Å²) in [5, 5.41) is 12.9. The molecule has 0 spiro atoms. The fourth-order valence-corrected chi connectivity index (χ4v) is 3.94. The van der Waals surface area contributed by atoms with E-state index in [1.165, 1.54) is 18.5 Å². The number of carbonyl (C=O) groups is 1. The van der Waals surface area contributed by atoms with Gasteiger partial charge < -0.3 is 14.8 Å². The number of fused-ring (bicyclic) bond motifs is 1. The van der Waals surface area contributed by atoms with E-state index in [0.29, 0.717) is 16.0 Å². The molecule has 0 saturated heterocycles. The highest BCUT2D eigenvalue weighted by molar-refractivity contribution is 7.21. The lowest BCUT2D eigenvalue weighted by Crippen LogP contribution is -2.16. The van der Waals surface area contributed by atoms with E-state index in [2.05, 4.69) is 5.32 Å². The Morgan fingerprint density at radius 3 is 2.50 bits per heavy atom. The first kappa shape index (κ1) is 19.8. The SMILES string of the molecule is O=C(N/C=C(\c1ccccc1)c1ccco1)c1sc2ccc(C(F)(F)F)cc2c1O. The number of carbonyl (C=O) groups excluding carboxylic acids is 1. The van der Waals surface area contributed by atoms with E-state index in [0.717, 1.165) is 29.0 Å². The molecule has 0 saturated carbocycles. The van der Waals surface area contributed by atoms with Crippen LogP contribution in [-0.4, -0.2) is 11.0 Å². The Morgan fingerprint density at radius 2 is 1.83 bits per heavy atom. The van der Waals surface area contributed by atoms with E-state index >= 15 is 0 Å². The van der Waals surface area contributed by atoms with Crippen molar-refractivity contribution in [3.8, 4) is 5.75 Å². The van der Waals surface area contributed by atoms with Crippen LogP contribution in [0.4, 0.5) is 13.2 Å². The molecule has 4 nitrogen and oxygen atoms in total. The fraction of sp³-hybridized carbons (Fsp3) is 0.0455. The Morgan fingerprint density at radius 1 is 1.07 bits per heavy atom. The molecule has 0 atom stereocenters. The molecule has 2 aromatic heterocycles. The monoisotopic (exact) mass is 429 g/mol. The van der Waals surface area contributed by atoms with Crippen LogP contribution in [0.15, 0.2) is 77.5 Å². The number of furan rings is 1. The van der Waals surface area contributed by atoms with Crippen LogP contribution in [0.2, 0.25) is 0 Å². The largest absolute Gasteiger partial charge is 0.506 e. The lowest BCUT2D eigenvalue weighted by Gasteiger charge is -2.06. The Labute approximate surface area is 172 Å². The summed E-state index contributed by atoms with van der Waals surface area (Å²) in [5.41, 5.74) is 0.510. The number of hydrogen-bond donors (Lipinski definition) is 2. The molecule has 0 radical (unpaired) electrons. The van der Waals surface area contributed by atoms with E-state index in [4.69, 9.17) is 4.42 Å². The van der Waals surface area contributed by atoms with Crippen molar-refractivity contribution in [3.63, 3.8) is 0 Å². The van der Waals surface area contributed by atoms with Crippen LogP contribution in [-0.2, 0) is 6.18 Å². The standard InChI is InChI=1S/C22H14F3NO3S/c23-22(24,25)14-8-9-18-15(11-14)19(27)20(30-18)21(28)26-12-16(17-7-4-10-29-17)13-5-2-1-3-6-13/h1-12,27H,(H,26,28)/b16-12+. The zero-order chi connectivity index (χ0) is 21.3. The van der Waals surface area contributed by atoms with Crippen LogP contribution >= 0.6 is 11.3 Å². The molecule has 2 N–H and O–H groups in total. The van der Waals surface area contributed by atoms with Crippen LogP contribution in [0.5, 0.6) is 5.75 Å². The van der Waals surface area contributed by atoms with E-state index in [-0.39, 0.29) is 10.3 Å². The highest BCUT2D eigenvalue weighted by atomic mass is 32.1. The molecule has 4 aromatic rings. The summed E-state index contributed by atoms with van der Waals surface area (Å²) in [6.45, 7) is 0. The minimum absolute atomic E-state index is 0.0155. The van der Waals surface area contributed by atoms with Crippen molar-refractivity contribution in [1.29, 1.82) is 0 Å². The quantitative estimate of drug-likeness (QED) is 0.416. The summed E-state index contributed by atoms with van der Waals surface area (Å²) in [6, 6.07) is 15.7. The maximum absolute atomic E-state index is 12.9. The number of aromatic hydroxyl groups is 1. The smallest absolute Gasteiger partial charge is 0.416 e. The zero-order valence-corrected chi connectivity index (χ0v) is 16.1. The molecule has 4 rings (SSSR count). The number of amides is 1. The zero-order valence-electron chi connectivity index (χ0n) is 15.2. The van der Waals surface area contributed by atoms with Gasteiger partial charge in [-0.25, -0.2) is 0 Å². The predicted octanol–water partition coefficient (Wildman–Crippen LogP) is 6.04. The van der Waals surface area contributed by atoms with Gasteiger partial charge in [-0.15, -0.1) is 11.3 Å². The number of nitrogens with one attached hydrogen (secondary N) is 1. The second kappa shape index (κ2) is 7.72. The topological polar surface area (TPSA) is 62.5 Å². The van der Waals surface area contributed by atoms with Crippen molar-refractivity contribution < 1.29 is 27.5 Å². The van der Waals surface area contributed by atoms with Crippen molar-refractivity contribution in [2.75, 3.05) is 0 Å². The van der Waals surface area contributed by atoms with E-state index in [1.807, 2.05) is 30.3 Å². The second-order valence-corrected chi connectivity index (χ2v) is 7.42. The second-order valence-electron chi connectivity index (χ2n) is 6.36. The number of rotatable bonds is 4. The maximum Gasteiger partial charge on any atom is 0.416 e. The summed E-state index contributed by atoms with van der Waals surface area (Å²) < 4.78 is 44.6. The van der Waals surface area contributed by atoms with Crippen molar-refractivity contribution in [2.24, 2.45) is 0 Å². The summed E-state index contributed by atoms with van der Waals surface area (Å²) >= 11 is 0.914. The van der Waals surface area contributed by atoms with Crippen LogP contribution in [0, 0.1) is 0 Å². The van der Waals surface area contributed by atoms with Gasteiger partial charge in [0, 0.05) is 21.9 Å². The molecule has 0 aliphatic heterocycles. The van der Waals surface area contributed by atoms with Gasteiger partial charge in [-0.1, -0.05) is 30.3 Å². The Bertz CT molecular complexity index is 1230. The maximum atomic E-state index is 12.9. The van der Waals surface area contributed by atoms with E-state index < -0.39 is 23.4 Å². The molecule has 0 fully saturated rings. The van der Waals surface area contributed by atoms with Gasteiger partial charge in [0.15, 0.2) is 0 Å². The van der Waals surface area contributed by atoms with Gasteiger partial charge in [0.1, 0.15) is 16.4 Å². The molecule has 2 aromatic carbocycles. The number of benzene rings is 2. The van der Waals surface area contributed by atoms with Crippen molar-refractivity contribution in [1.82, 2.24) is 5.32 Å². The molecule has 1 amide bonds. The molecule has 30 heavy (non-hydrogen) atoms. The average molecular weight is 429 g/mol. The number of alkyl halides is 3. The van der Waals surface area contributed by atoms with Gasteiger partial charge in [-0.05, 0) is 35.9 Å². The van der Waals surface area contributed by atoms with Crippen LogP contribution in [0.3, 0.4) is 0 Å². The molecule has 0 bridgehead atoms. The third-order valence-corrected chi connectivity index (χ3v) is 5.57. The van der Waals surface area contributed by atoms with Gasteiger partial charge in [0.25, 0.3) is 5.91 Å². The van der Waals surface area contributed by atoms with Crippen molar-refractivity contribution >= 4 is 32.9 Å². The summed E-state index contributed by atoms with van der Waals surface area (Å²) in [7, 11) is 0. The fourth-order valence-electron chi connectivity index (χ4n) is 2.96.